The smallest absolute Gasteiger partial charge is 0.294 e. The minimum atomic E-state index is -0.781. The number of nitrogens with one attached hydrogen (secondary N) is 1. The van der Waals surface area contributed by atoms with E-state index in [9.17, 15) is 9.59 Å². The van der Waals surface area contributed by atoms with Gasteiger partial charge in [-0.15, -0.1) is 0 Å². The SMILES string of the molecule is Cc1cc(C(=O)Nc2cccc([C@]3(C)CC(=O)N(C)C(N)=N3)c2)on1. The summed E-state index contributed by atoms with van der Waals surface area (Å²) in [5.41, 5.74) is 7.04. The standard InChI is InChI=1S/C17H19N5O3/c1-10-7-13(25-21-10)15(24)19-12-6-4-5-11(8-12)17(2)9-14(23)22(3)16(18)20-17/h4-8H,9H2,1-3H3,(H2,18,20)(H,19,24)/t17-/m0/s1. The van der Waals surface area contributed by atoms with Gasteiger partial charge in [0.15, 0.2) is 5.96 Å². The molecule has 3 rings (SSSR count). The van der Waals surface area contributed by atoms with Gasteiger partial charge in [0.2, 0.25) is 11.7 Å². The molecule has 1 atom stereocenters. The summed E-state index contributed by atoms with van der Waals surface area (Å²) in [5, 5.41) is 6.45. The van der Waals surface area contributed by atoms with E-state index in [-0.39, 0.29) is 24.0 Å². The Labute approximate surface area is 144 Å². The molecule has 3 N–H and O–H groups in total. The number of aromatic nitrogens is 1. The van der Waals surface area contributed by atoms with Crippen molar-refractivity contribution in [2.24, 2.45) is 10.7 Å². The number of amides is 2. The van der Waals surface area contributed by atoms with Gasteiger partial charge in [-0.05, 0) is 31.5 Å². The lowest BCUT2D eigenvalue weighted by Crippen LogP contribution is -2.47. The first-order valence-electron chi connectivity index (χ1n) is 7.75. The molecule has 0 unspecified atom stereocenters. The van der Waals surface area contributed by atoms with E-state index in [4.69, 9.17) is 10.3 Å². The van der Waals surface area contributed by atoms with E-state index in [1.165, 1.54) is 4.90 Å². The molecule has 1 aliphatic heterocycles. The van der Waals surface area contributed by atoms with E-state index < -0.39 is 11.4 Å². The van der Waals surface area contributed by atoms with Crippen molar-refractivity contribution in [3.05, 3.63) is 47.3 Å². The number of hydrogen-bond acceptors (Lipinski definition) is 6. The topological polar surface area (TPSA) is 114 Å². The number of carbonyl (C=O) groups is 2. The van der Waals surface area contributed by atoms with Gasteiger partial charge in [0.25, 0.3) is 5.91 Å². The van der Waals surface area contributed by atoms with Crippen LogP contribution in [0.2, 0.25) is 0 Å². The zero-order chi connectivity index (χ0) is 18.2. The maximum absolute atomic E-state index is 12.2. The number of anilines is 1. The van der Waals surface area contributed by atoms with Gasteiger partial charge < -0.3 is 15.6 Å². The normalized spacial score (nSPS) is 20.4. The zero-order valence-electron chi connectivity index (χ0n) is 14.2. The molecule has 1 aromatic heterocycles. The number of hydrogen-bond donors (Lipinski definition) is 2. The van der Waals surface area contributed by atoms with Gasteiger partial charge in [0.1, 0.15) is 0 Å². The summed E-state index contributed by atoms with van der Waals surface area (Å²) in [4.78, 5) is 30.1. The first-order chi connectivity index (χ1) is 11.8. The Bertz CT molecular complexity index is 873. The average Bonchev–Trinajstić information content (AvgIpc) is 2.99. The molecule has 0 bridgehead atoms. The molecular formula is C17H19N5O3. The van der Waals surface area contributed by atoms with Crippen molar-refractivity contribution in [3.8, 4) is 0 Å². The maximum atomic E-state index is 12.2. The third-order valence-electron chi connectivity index (χ3n) is 4.17. The second-order valence-corrected chi connectivity index (χ2v) is 6.24. The number of nitrogens with two attached hydrogens (primary N) is 1. The molecular weight excluding hydrogens is 322 g/mol. The third-order valence-corrected chi connectivity index (χ3v) is 4.17. The van der Waals surface area contributed by atoms with Crippen LogP contribution in [0.1, 0.15) is 35.2 Å². The molecule has 25 heavy (non-hydrogen) atoms. The second kappa shape index (κ2) is 6.04. The number of rotatable bonds is 3. The summed E-state index contributed by atoms with van der Waals surface area (Å²) in [7, 11) is 1.59. The number of guanidine groups is 1. The largest absolute Gasteiger partial charge is 0.369 e. The molecule has 130 valence electrons. The molecule has 0 radical (unpaired) electrons. The van der Waals surface area contributed by atoms with E-state index >= 15 is 0 Å². The lowest BCUT2D eigenvalue weighted by Gasteiger charge is -2.33. The Kier molecular flexibility index (Phi) is 4.03. The van der Waals surface area contributed by atoms with Crippen LogP contribution in [0.15, 0.2) is 39.8 Å². The molecule has 2 heterocycles. The monoisotopic (exact) mass is 341 g/mol. The van der Waals surface area contributed by atoms with Crippen molar-refractivity contribution in [2.75, 3.05) is 12.4 Å². The van der Waals surface area contributed by atoms with Gasteiger partial charge in [-0.3, -0.25) is 14.5 Å². The van der Waals surface area contributed by atoms with Crippen LogP contribution in [-0.4, -0.2) is 34.9 Å². The third kappa shape index (κ3) is 3.23. The summed E-state index contributed by atoms with van der Waals surface area (Å²) in [5.74, 6) is -0.205. The van der Waals surface area contributed by atoms with Gasteiger partial charge in [-0.2, -0.15) is 0 Å². The van der Waals surface area contributed by atoms with Crippen LogP contribution in [0, 0.1) is 6.92 Å². The summed E-state index contributed by atoms with van der Waals surface area (Å²) >= 11 is 0. The molecule has 1 aromatic carbocycles. The Morgan fingerprint density at radius 2 is 2.16 bits per heavy atom. The van der Waals surface area contributed by atoms with Crippen molar-refractivity contribution in [1.29, 1.82) is 0 Å². The first-order valence-corrected chi connectivity index (χ1v) is 7.75. The van der Waals surface area contributed by atoms with Crippen LogP contribution >= 0.6 is 0 Å². The highest BCUT2D eigenvalue weighted by Gasteiger charge is 2.36. The minimum Gasteiger partial charge on any atom is -0.369 e. The van der Waals surface area contributed by atoms with Gasteiger partial charge in [-0.25, -0.2) is 4.99 Å². The molecule has 8 nitrogen and oxygen atoms in total. The van der Waals surface area contributed by atoms with Crippen LogP contribution in [0.25, 0.3) is 0 Å². The lowest BCUT2D eigenvalue weighted by atomic mass is 9.87. The van der Waals surface area contributed by atoms with E-state index in [1.807, 2.05) is 13.0 Å². The molecule has 2 aromatic rings. The number of nitrogens with zero attached hydrogens (tertiary/aromatic N) is 3. The van der Waals surface area contributed by atoms with Crippen LogP contribution in [-0.2, 0) is 10.3 Å². The highest BCUT2D eigenvalue weighted by Crippen LogP contribution is 2.34. The number of aliphatic imine (C=N–C) groups is 1. The van der Waals surface area contributed by atoms with Crippen molar-refractivity contribution in [3.63, 3.8) is 0 Å². The lowest BCUT2D eigenvalue weighted by molar-refractivity contribution is -0.128. The van der Waals surface area contributed by atoms with Crippen molar-refractivity contribution in [1.82, 2.24) is 10.1 Å². The van der Waals surface area contributed by atoms with Crippen LogP contribution in [0.3, 0.4) is 0 Å². The fraction of sp³-hybridized carbons (Fsp3) is 0.294. The van der Waals surface area contributed by atoms with Crippen molar-refractivity contribution in [2.45, 2.75) is 25.8 Å². The molecule has 0 saturated carbocycles. The molecule has 1 aliphatic rings. The number of aryl methyl sites for hydroxylation is 1. The quantitative estimate of drug-likeness (QED) is 0.880. The van der Waals surface area contributed by atoms with Crippen LogP contribution in [0.5, 0.6) is 0 Å². The highest BCUT2D eigenvalue weighted by molar-refractivity contribution is 6.02. The predicted molar refractivity (Wildman–Crippen MR) is 92.0 cm³/mol. The molecule has 2 amide bonds. The highest BCUT2D eigenvalue weighted by atomic mass is 16.5. The fourth-order valence-electron chi connectivity index (χ4n) is 2.67. The van der Waals surface area contributed by atoms with Gasteiger partial charge in [0.05, 0.1) is 17.7 Å². The summed E-state index contributed by atoms with van der Waals surface area (Å²) in [6.45, 7) is 3.58. The van der Waals surface area contributed by atoms with Crippen LogP contribution in [0.4, 0.5) is 5.69 Å². The van der Waals surface area contributed by atoms with Gasteiger partial charge >= 0.3 is 0 Å². The summed E-state index contributed by atoms with van der Waals surface area (Å²) < 4.78 is 4.95. The Hall–Kier alpha value is -3.16. The molecule has 0 spiro atoms. The van der Waals surface area contributed by atoms with E-state index in [0.29, 0.717) is 11.4 Å². The molecule has 0 saturated heterocycles. The summed E-state index contributed by atoms with van der Waals surface area (Å²) in [6.07, 6.45) is 0.197. The second-order valence-electron chi connectivity index (χ2n) is 6.24. The van der Waals surface area contributed by atoms with E-state index in [2.05, 4.69) is 15.5 Å². The fourth-order valence-corrected chi connectivity index (χ4v) is 2.67. The zero-order valence-corrected chi connectivity index (χ0v) is 14.2. The predicted octanol–water partition coefficient (Wildman–Crippen LogP) is 1.63. The van der Waals surface area contributed by atoms with Gasteiger partial charge in [0, 0.05) is 18.8 Å². The average molecular weight is 341 g/mol. The van der Waals surface area contributed by atoms with E-state index in [1.54, 1.807) is 38.2 Å². The molecule has 8 heteroatoms. The first kappa shape index (κ1) is 16.7. The molecule has 0 aliphatic carbocycles. The van der Waals surface area contributed by atoms with Crippen molar-refractivity contribution >= 4 is 23.5 Å². The Morgan fingerprint density at radius 1 is 1.40 bits per heavy atom. The molecule has 0 fully saturated rings. The Balaban J connectivity index is 1.87. The van der Waals surface area contributed by atoms with Crippen molar-refractivity contribution < 1.29 is 14.1 Å². The maximum Gasteiger partial charge on any atom is 0.294 e. The number of benzene rings is 1. The number of carbonyl (C=O) groups excluding carboxylic acids is 2. The minimum absolute atomic E-state index is 0.110. The van der Waals surface area contributed by atoms with Gasteiger partial charge in [-0.1, -0.05) is 17.3 Å². The van der Waals surface area contributed by atoms with E-state index in [0.717, 1.165) is 5.56 Å². The summed E-state index contributed by atoms with van der Waals surface area (Å²) in [6, 6.07) is 8.72. The Morgan fingerprint density at radius 3 is 2.80 bits per heavy atom. The van der Waals surface area contributed by atoms with Crippen LogP contribution < -0.4 is 11.1 Å².